The van der Waals surface area contributed by atoms with Crippen LogP contribution in [0.15, 0.2) is 18.5 Å². The quantitative estimate of drug-likeness (QED) is 0.789. The first-order chi connectivity index (χ1) is 13.8. The molecule has 4 heterocycles. The van der Waals surface area contributed by atoms with Gasteiger partial charge >= 0.3 is 6.01 Å². The molecule has 0 aromatic carbocycles. The number of hydrogen-bond donors (Lipinski definition) is 1. The van der Waals surface area contributed by atoms with Gasteiger partial charge in [0.05, 0.1) is 18.8 Å². The number of piperazine rings is 1. The average Bonchev–Trinajstić information content (AvgIpc) is 3.12. The van der Waals surface area contributed by atoms with Gasteiger partial charge in [-0.25, -0.2) is 4.68 Å². The summed E-state index contributed by atoms with van der Waals surface area (Å²) in [4.78, 5) is 16.1. The molecule has 0 radical (unpaired) electrons. The Kier molecular flexibility index (Phi) is 4.86. The summed E-state index contributed by atoms with van der Waals surface area (Å²) >= 11 is 0. The molecule has 3 fully saturated rings. The molecular weight excluding hydrogens is 358 g/mol. The van der Waals surface area contributed by atoms with Crippen molar-refractivity contribution in [3.05, 3.63) is 18.5 Å². The molecule has 1 saturated carbocycles. The van der Waals surface area contributed by atoms with Crippen LogP contribution in [-0.4, -0.2) is 69.2 Å². The Bertz CT molecular complexity index is 786. The molecule has 28 heavy (non-hydrogen) atoms. The number of ether oxygens (including phenoxy) is 2. The predicted molar refractivity (Wildman–Crippen MR) is 103 cm³/mol. The van der Waals surface area contributed by atoms with Crippen LogP contribution in [-0.2, 0) is 4.74 Å². The molecule has 2 saturated heterocycles. The van der Waals surface area contributed by atoms with E-state index < -0.39 is 0 Å². The van der Waals surface area contributed by atoms with Gasteiger partial charge in [0.25, 0.3) is 5.95 Å². The number of nitrogens with zero attached hydrogens (tertiary/aromatic N) is 6. The van der Waals surface area contributed by atoms with Gasteiger partial charge in [0, 0.05) is 32.0 Å². The summed E-state index contributed by atoms with van der Waals surface area (Å²) in [5.41, 5.74) is 0.0129. The zero-order chi connectivity index (χ0) is 18.8. The molecule has 0 amide bonds. The topological polar surface area (TPSA) is 90.2 Å². The van der Waals surface area contributed by atoms with E-state index in [0.717, 1.165) is 45.7 Å². The third-order valence-electron chi connectivity index (χ3n) is 5.79. The van der Waals surface area contributed by atoms with Crippen LogP contribution in [0.3, 0.4) is 0 Å². The van der Waals surface area contributed by atoms with Crippen molar-refractivity contribution >= 4 is 5.95 Å². The molecule has 9 nitrogen and oxygen atoms in total. The van der Waals surface area contributed by atoms with Crippen molar-refractivity contribution in [2.75, 3.05) is 37.7 Å². The standard InChI is InChI=1S/C19H27N7O2/c1-2-4-7-15(6-3-1)28-18-23-16(22-17(24-18)26-10-5-8-21-26)25-11-9-20-19(12-25)13-27-14-19/h5,8,10,15,20H,1-4,6-7,9,11-14H2. The largest absolute Gasteiger partial charge is 0.460 e. The van der Waals surface area contributed by atoms with Crippen molar-refractivity contribution in [3.63, 3.8) is 0 Å². The van der Waals surface area contributed by atoms with Crippen LogP contribution in [0.5, 0.6) is 6.01 Å². The molecular formula is C19H27N7O2. The molecule has 1 spiro atoms. The minimum atomic E-state index is 0.0129. The van der Waals surface area contributed by atoms with Crippen LogP contribution in [0, 0.1) is 0 Å². The molecule has 9 heteroatoms. The Hall–Kier alpha value is -2.26. The fraction of sp³-hybridized carbons (Fsp3) is 0.684. The number of rotatable bonds is 4. The van der Waals surface area contributed by atoms with E-state index in [1.165, 1.54) is 25.7 Å². The maximum absolute atomic E-state index is 6.23. The van der Waals surface area contributed by atoms with Crippen molar-refractivity contribution in [3.8, 4) is 12.0 Å². The first kappa shape index (κ1) is 17.8. The van der Waals surface area contributed by atoms with E-state index >= 15 is 0 Å². The molecule has 150 valence electrons. The van der Waals surface area contributed by atoms with Gasteiger partial charge in [-0.05, 0) is 31.7 Å². The maximum atomic E-state index is 6.23. The average molecular weight is 385 g/mol. The Balaban J connectivity index is 1.43. The van der Waals surface area contributed by atoms with E-state index in [9.17, 15) is 0 Å². The lowest BCUT2D eigenvalue weighted by Crippen LogP contribution is -2.70. The maximum Gasteiger partial charge on any atom is 0.323 e. The molecule has 2 aromatic rings. The molecule has 0 bridgehead atoms. The monoisotopic (exact) mass is 385 g/mol. The smallest absolute Gasteiger partial charge is 0.323 e. The van der Waals surface area contributed by atoms with Gasteiger partial charge in [-0.2, -0.15) is 20.1 Å². The van der Waals surface area contributed by atoms with E-state index in [4.69, 9.17) is 14.5 Å². The van der Waals surface area contributed by atoms with Crippen molar-refractivity contribution in [1.82, 2.24) is 30.0 Å². The third kappa shape index (κ3) is 3.68. The van der Waals surface area contributed by atoms with Crippen LogP contribution < -0.4 is 15.0 Å². The molecule has 1 aliphatic carbocycles. The predicted octanol–water partition coefficient (Wildman–Crippen LogP) is 1.34. The lowest BCUT2D eigenvalue weighted by molar-refractivity contribution is -0.0744. The van der Waals surface area contributed by atoms with Crippen molar-refractivity contribution in [2.24, 2.45) is 0 Å². The second-order valence-electron chi connectivity index (χ2n) is 8.02. The fourth-order valence-corrected chi connectivity index (χ4v) is 4.20. The molecule has 1 N–H and O–H groups in total. The minimum absolute atomic E-state index is 0.0129. The van der Waals surface area contributed by atoms with Crippen molar-refractivity contribution in [1.29, 1.82) is 0 Å². The van der Waals surface area contributed by atoms with E-state index in [1.54, 1.807) is 10.9 Å². The summed E-state index contributed by atoms with van der Waals surface area (Å²) in [5, 5.41) is 7.86. The number of aromatic nitrogens is 5. The fourth-order valence-electron chi connectivity index (χ4n) is 4.20. The van der Waals surface area contributed by atoms with E-state index in [-0.39, 0.29) is 11.6 Å². The molecule has 2 aromatic heterocycles. The lowest BCUT2D eigenvalue weighted by Gasteiger charge is -2.48. The lowest BCUT2D eigenvalue weighted by atomic mass is 9.95. The van der Waals surface area contributed by atoms with E-state index in [2.05, 4.69) is 25.3 Å². The van der Waals surface area contributed by atoms with E-state index in [1.807, 2.05) is 12.3 Å². The number of nitrogens with one attached hydrogen (secondary N) is 1. The summed E-state index contributed by atoms with van der Waals surface area (Å²) < 4.78 is 13.3. The van der Waals surface area contributed by atoms with Gasteiger partial charge in [0.2, 0.25) is 5.95 Å². The highest BCUT2D eigenvalue weighted by molar-refractivity contribution is 5.36. The molecule has 0 atom stereocenters. The number of anilines is 1. The SMILES string of the molecule is c1cnn(-c2nc(OC3CCCCCC3)nc(N3CCNC4(COC4)C3)n2)c1. The van der Waals surface area contributed by atoms with Crippen LogP contribution in [0.2, 0.25) is 0 Å². The zero-order valence-electron chi connectivity index (χ0n) is 16.1. The number of hydrogen-bond acceptors (Lipinski definition) is 8. The highest BCUT2D eigenvalue weighted by Crippen LogP contribution is 2.26. The highest BCUT2D eigenvalue weighted by atomic mass is 16.5. The van der Waals surface area contributed by atoms with Crippen LogP contribution in [0.4, 0.5) is 5.95 Å². The second-order valence-corrected chi connectivity index (χ2v) is 8.02. The second kappa shape index (κ2) is 7.63. The van der Waals surface area contributed by atoms with Crippen LogP contribution in [0.25, 0.3) is 5.95 Å². The van der Waals surface area contributed by atoms with Gasteiger partial charge in [-0.3, -0.25) is 0 Å². The third-order valence-corrected chi connectivity index (χ3v) is 5.79. The normalized spacial score (nSPS) is 22.6. The summed E-state index contributed by atoms with van der Waals surface area (Å²) in [6, 6.07) is 2.26. The first-order valence-electron chi connectivity index (χ1n) is 10.3. The van der Waals surface area contributed by atoms with E-state index in [0.29, 0.717) is 17.9 Å². The molecule has 2 aliphatic heterocycles. The van der Waals surface area contributed by atoms with Gasteiger partial charge in [-0.1, -0.05) is 12.8 Å². The van der Waals surface area contributed by atoms with Gasteiger partial charge in [0.1, 0.15) is 6.10 Å². The Labute approximate surface area is 164 Å². The Morgan fingerprint density at radius 1 is 1.07 bits per heavy atom. The van der Waals surface area contributed by atoms with Gasteiger partial charge in [0.15, 0.2) is 0 Å². The van der Waals surface area contributed by atoms with Crippen LogP contribution in [0.1, 0.15) is 38.5 Å². The Morgan fingerprint density at radius 3 is 2.61 bits per heavy atom. The summed E-state index contributed by atoms with van der Waals surface area (Å²) in [6.45, 7) is 3.99. The highest BCUT2D eigenvalue weighted by Gasteiger charge is 2.42. The van der Waals surface area contributed by atoms with Crippen molar-refractivity contribution in [2.45, 2.75) is 50.2 Å². The van der Waals surface area contributed by atoms with Crippen molar-refractivity contribution < 1.29 is 9.47 Å². The summed E-state index contributed by atoms with van der Waals surface area (Å²) in [6.07, 6.45) is 10.8. The minimum Gasteiger partial charge on any atom is -0.460 e. The zero-order valence-corrected chi connectivity index (χ0v) is 16.1. The van der Waals surface area contributed by atoms with Gasteiger partial charge < -0.3 is 19.7 Å². The first-order valence-corrected chi connectivity index (χ1v) is 10.3. The molecule has 3 aliphatic rings. The summed E-state index contributed by atoms with van der Waals surface area (Å²) in [7, 11) is 0. The molecule has 0 unspecified atom stereocenters. The van der Waals surface area contributed by atoms with Crippen LogP contribution >= 0.6 is 0 Å². The molecule has 5 rings (SSSR count). The summed E-state index contributed by atoms with van der Waals surface area (Å²) in [5.74, 6) is 1.15. The van der Waals surface area contributed by atoms with Gasteiger partial charge in [-0.15, -0.1) is 0 Å². The Morgan fingerprint density at radius 2 is 1.89 bits per heavy atom.